The smallest absolute Gasteiger partial charge is 0.253 e. The minimum Gasteiger partial charge on any atom is -0.339 e. The van der Waals surface area contributed by atoms with E-state index >= 15 is 0 Å². The van der Waals surface area contributed by atoms with Crippen molar-refractivity contribution in [2.45, 2.75) is 45.4 Å². The Morgan fingerprint density at radius 1 is 0.893 bits per heavy atom. The molecule has 1 aromatic carbocycles. The van der Waals surface area contributed by atoms with Crippen LogP contribution in [-0.2, 0) is 16.0 Å². The van der Waals surface area contributed by atoms with Crippen molar-refractivity contribution in [3.05, 3.63) is 29.3 Å². The van der Waals surface area contributed by atoms with Crippen molar-refractivity contribution in [1.29, 1.82) is 0 Å². The summed E-state index contributed by atoms with van der Waals surface area (Å²) in [4.78, 5) is 42.9. The third kappa shape index (κ3) is 3.64. The molecule has 6 nitrogen and oxygen atoms in total. The SMILES string of the molecule is CC(=O)N1CCc2cc(C(=O)N3CCN(C(=O)C4CCCCC4)CC3)ccc21. The molecule has 0 spiro atoms. The van der Waals surface area contributed by atoms with E-state index in [0.29, 0.717) is 38.3 Å². The van der Waals surface area contributed by atoms with Gasteiger partial charge in [-0.1, -0.05) is 19.3 Å². The maximum absolute atomic E-state index is 12.9. The standard InChI is InChI=1S/C22H29N3O3/c1-16(26)25-10-9-18-15-19(7-8-20(18)25)22(28)24-13-11-23(12-14-24)21(27)17-5-3-2-4-6-17/h7-8,15,17H,2-6,9-14H2,1H3. The Kier molecular flexibility index (Phi) is 5.38. The number of amides is 3. The predicted octanol–water partition coefficient (Wildman–Crippen LogP) is 2.46. The lowest BCUT2D eigenvalue weighted by molar-refractivity contribution is -0.138. The normalized spacial score (nSPS) is 20.2. The third-order valence-electron chi connectivity index (χ3n) is 6.44. The third-order valence-corrected chi connectivity index (χ3v) is 6.44. The highest BCUT2D eigenvalue weighted by Gasteiger charge is 2.30. The quantitative estimate of drug-likeness (QED) is 0.788. The van der Waals surface area contributed by atoms with Gasteiger partial charge in [0.2, 0.25) is 11.8 Å². The van der Waals surface area contributed by atoms with Crippen LogP contribution in [0.25, 0.3) is 0 Å². The average Bonchev–Trinajstić information content (AvgIpc) is 3.17. The van der Waals surface area contributed by atoms with Gasteiger partial charge < -0.3 is 14.7 Å². The van der Waals surface area contributed by atoms with Crippen molar-refractivity contribution in [2.24, 2.45) is 5.92 Å². The molecule has 3 aliphatic rings. The zero-order chi connectivity index (χ0) is 19.7. The molecule has 2 heterocycles. The Bertz CT molecular complexity index is 777. The van der Waals surface area contributed by atoms with Gasteiger partial charge in [-0.25, -0.2) is 0 Å². The summed E-state index contributed by atoms with van der Waals surface area (Å²) >= 11 is 0. The number of carbonyl (C=O) groups excluding carboxylic acids is 3. The lowest BCUT2D eigenvalue weighted by Gasteiger charge is -2.37. The number of benzene rings is 1. The molecule has 0 unspecified atom stereocenters. The van der Waals surface area contributed by atoms with Gasteiger partial charge in [-0.2, -0.15) is 0 Å². The maximum atomic E-state index is 12.9. The van der Waals surface area contributed by atoms with Crippen molar-refractivity contribution in [3.63, 3.8) is 0 Å². The van der Waals surface area contributed by atoms with Gasteiger partial charge in [0, 0.05) is 56.8 Å². The summed E-state index contributed by atoms with van der Waals surface area (Å²) in [5.41, 5.74) is 2.66. The van der Waals surface area contributed by atoms with E-state index in [4.69, 9.17) is 0 Å². The van der Waals surface area contributed by atoms with E-state index in [-0.39, 0.29) is 23.6 Å². The second-order valence-corrected chi connectivity index (χ2v) is 8.22. The first-order valence-electron chi connectivity index (χ1n) is 10.5. The zero-order valence-corrected chi connectivity index (χ0v) is 16.7. The Hall–Kier alpha value is -2.37. The summed E-state index contributed by atoms with van der Waals surface area (Å²) in [5, 5.41) is 0. The number of carbonyl (C=O) groups is 3. The van der Waals surface area contributed by atoms with E-state index in [1.807, 2.05) is 28.0 Å². The summed E-state index contributed by atoms with van der Waals surface area (Å²) in [6.45, 7) is 4.70. The van der Waals surface area contributed by atoms with E-state index in [1.54, 1.807) is 11.8 Å². The lowest BCUT2D eigenvalue weighted by atomic mass is 9.88. The van der Waals surface area contributed by atoms with Crippen molar-refractivity contribution in [3.8, 4) is 0 Å². The van der Waals surface area contributed by atoms with Gasteiger partial charge in [0.1, 0.15) is 0 Å². The minimum absolute atomic E-state index is 0.0221. The van der Waals surface area contributed by atoms with Crippen LogP contribution in [0, 0.1) is 5.92 Å². The molecule has 28 heavy (non-hydrogen) atoms. The van der Waals surface area contributed by atoms with Crippen molar-refractivity contribution < 1.29 is 14.4 Å². The average molecular weight is 383 g/mol. The molecule has 0 aromatic heterocycles. The fourth-order valence-corrected chi connectivity index (χ4v) is 4.78. The van der Waals surface area contributed by atoms with Crippen LogP contribution in [0.4, 0.5) is 5.69 Å². The molecule has 0 atom stereocenters. The molecule has 2 aliphatic heterocycles. The monoisotopic (exact) mass is 383 g/mol. The fourth-order valence-electron chi connectivity index (χ4n) is 4.78. The van der Waals surface area contributed by atoms with Crippen LogP contribution in [0.1, 0.15) is 54.9 Å². The first-order valence-corrected chi connectivity index (χ1v) is 10.5. The number of hydrogen-bond donors (Lipinski definition) is 0. The van der Waals surface area contributed by atoms with Crippen LogP contribution in [0.15, 0.2) is 18.2 Å². The highest BCUT2D eigenvalue weighted by atomic mass is 16.2. The number of rotatable bonds is 2. The molecular formula is C22H29N3O3. The predicted molar refractivity (Wildman–Crippen MR) is 107 cm³/mol. The number of anilines is 1. The number of piperazine rings is 1. The molecule has 0 bridgehead atoms. The summed E-state index contributed by atoms with van der Waals surface area (Å²) in [6, 6.07) is 5.64. The van der Waals surface area contributed by atoms with Crippen LogP contribution in [0.3, 0.4) is 0 Å². The second-order valence-electron chi connectivity index (χ2n) is 8.22. The second kappa shape index (κ2) is 7.94. The van der Waals surface area contributed by atoms with Gasteiger partial charge in [0.15, 0.2) is 0 Å². The molecule has 2 fully saturated rings. The lowest BCUT2D eigenvalue weighted by Crippen LogP contribution is -2.52. The number of fused-ring (bicyclic) bond motifs is 1. The Labute approximate surface area is 166 Å². The highest BCUT2D eigenvalue weighted by Crippen LogP contribution is 2.30. The molecule has 4 rings (SSSR count). The Morgan fingerprint density at radius 3 is 2.25 bits per heavy atom. The van der Waals surface area contributed by atoms with E-state index in [1.165, 1.54) is 6.42 Å². The molecule has 3 amide bonds. The molecule has 150 valence electrons. The molecule has 0 N–H and O–H groups in total. The first-order chi connectivity index (χ1) is 13.5. The molecule has 1 saturated carbocycles. The Morgan fingerprint density at radius 2 is 1.57 bits per heavy atom. The number of nitrogens with zero attached hydrogens (tertiary/aromatic N) is 3. The first kappa shape index (κ1) is 19.0. The summed E-state index contributed by atoms with van der Waals surface area (Å²) in [6.07, 6.45) is 6.40. The molecule has 1 saturated heterocycles. The van der Waals surface area contributed by atoms with Crippen LogP contribution in [0.5, 0.6) is 0 Å². The maximum Gasteiger partial charge on any atom is 0.253 e. The van der Waals surface area contributed by atoms with Crippen LogP contribution < -0.4 is 4.90 Å². The fraction of sp³-hybridized carbons (Fsp3) is 0.591. The van der Waals surface area contributed by atoms with E-state index in [9.17, 15) is 14.4 Å². The van der Waals surface area contributed by atoms with Crippen LogP contribution in [0.2, 0.25) is 0 Å². The molecule has 1 aliphatic carbocycles. The van der Waals surface area contributed by atoms with Crippen molar-refractivity contribution in [1.82, 2.24) is 9.80 Å². The largest absolute Gasteiger partial charge is 0.339 e. The van der Waals surface area contributed by atoms with E-state index < -0.39 is 0 Å². The molecular weight excluding hydrogens is 354 g/mol. The summed E-state index contributed by atoms with van der Waals surface area (Å²) in [7, 11) is 0. The van der Waals surface area contributed by atoms with Gasteiger partial charge in [-0.3, -0.25) is 14.4 Å². The van der Waals surface area contributed by atoms with E-state index in [2.05, 4.69) is 0 Å². The highest BCUT2D eigenvalue weighted by molar-refractivity contribution is 5.98. The van der Waals surface area contributed by atoms with Crippen LogP contribution in [-0.4, -0.2) is 60.2 Å². The zero-order valence-electron chi connectivity index (χ0n) is 16.7. The molecule has 6 heteroatoms. The number of hydrogen-bond acceptors (Lipinski definition) is 3. The van der Waals surface area contributed by atoms with Gasteiger partial charge in [0.25, 0.3) is 5.91 Å². The minimum atomic E-state index is 0.0221. The van der Waals surface area contributed by atoms with E-state index in [0.717, 1.165) is 43.4 Å². The van der Waals surface area contributed by atoms with Gasteiger partial charge in [0.05, 0.1) is 0 Å². The summed E-state index contributed by atoms with van der Waals surface area (Å²) < 4.78 is 0. The van der Waals surface area contributed by atoms with Gasteiger partial charge in [-0.15, -0.1) is 0 Å². The van der Waals surface area contributed by atoms with Gasteiger partial charge >= 0.3 is 0 Å². The van der Waals surface area contributed by atoms with Gasteiger partial charge in [-0.05, 0) is 43.0 Å². The topological polar surface area (TPSA) is 60.9 Å². The van der Waals surface area contributed by atoms with Crippen molar-refractivity contribution in [2.75, 3.05) is 37.6 Å². The molecule has 0 radical (unpaired) electrons. The summed E-state index contributed by atoms with van der Waals surface area (Å²) in [5.74, 6) is 0.538. The molecule has 1 aromatic rings. The Balaban J connectivity index is 1.37. The van der Waals surface area contributed by atoms with Crippen LogP contribution >= 0.6 is 0 Å². The van der Waals surface area contributed by atoms with Crippen molar-refractivity contribution >= 4 is 23.4 Å².